The molecule has 1 aliphatic heterocycles. The Balaban J connectivity index is 1.51. The molecule has 162 valence electrons. The minimum Gasteiger partial charge on any atom is -0.472 e. The Morgan fingerprint density at radius 3 is 2.61 bits per heavy atom. The standard InChI is InChI=1S/C23H20ClF3N2O2/c24-20-4-2-1-3-19(20)15-5-6-16(14-30)21(11-15)29-10-9-18(13-29)31-22-8-7-17(12-28-22)23(25,26)27/h1-8,11-12,18,30H,9-10,13-14H2/t18-/m0/s1. The molecule has 1 atom stereocenters. The Morgan fingerprint density at radius 1 is 1.13 bits per heavy atom. The number of pyridine rings is 1. The molecule has 4 nitrogen and oxygen atoms in total. The number of benzene rings is 2. The van der Waals surface area contributed by atoms with E-state index in [4.69, 9.17) is 16.3 Å². The van der Waals surface area contributed by atoms with Crippen molar-refractivity contribution in [3.05, 3.63) is 76.9 Å². The molecular formula is C23H20ClF3N2O2. The molecule has 0 spiro atoms. The molecule has 0 saturated carbocycles. The van der Waals surface area contributed by atoms with Gasteiger partial charge in [-0.05, 0) is 23.8 Å². The Morgan fingerprint density at radius 2 is 1.94 bits per heavy atom. The van der Waals surface area contributed by atoms with E-state index < -0.39 is 11.7 Å². The van der Waals surface area contributed by atoms with E-state index in [2.05, 4.69) is 9.88 Å². The van der Waals surface area contributed by atoms with Crippen molar-refractivity contribution in [3.8, 4) is 17.0 Å². The van der Waals surface area contributed by atoms with Gasteiger partial charge in [-0.15, -0.1) is 0 Å². The summed E-state index contributed by atoms with van der Waals surface area (Å²) < 4.78 is 43.9. The highest BCUT2D eigenvalue weighted by atomic mass is 35.5. The van der Waals surface area contributed by atoms with Crippen LogP contribution in [0.5, 0.6) is 5.88 Å². The third kappa shape index (κ3) is 4.78. The van der Waals surface area contributed by atoms with E-state index in [-0.39, 0.29) is 18.6 Å². The van der Waals surface area contributed by atoms with Crippen molar-refractivity contribution in [3.63, 3.8) is 0 Å². The van der Waals surface area contributed by atoms with Crippen LogP contribution in [-0.4, -0.2) is 29.3 Å². The first kappa shape index (κ1) is 21.5. The number of aromatic nitrogens is 1. The van der Waals surface area contributed by atoms with Crippen LogP contribution >= 0.6 is 11.6 Å². The van der Waals surface area contributed by atoms with Gasteiger partial charge in [0.15, 0.2) is 0 Å². The summed E-state index contributed by atoms with van der Waals surface area (Å²) in [5.41, 5.74) is 2.69. The van der Waals surface area contributed by atoms with Gasteiger partial charge in [-0.2, -0.15) is 13.2 Å². The summed E-state index contributed by atoms with van der Waals surface area (Å²) in [5.74, 6) is 0.159. The largest absolute Gasteiger partial charge is 0.472 e. The smallest absolute Gasteiger partial charge is 0.417 e. The van der Waals surface area contributed by atoms with Gasteiger partial charge in [0.2, 0.25) is 5.88 Å². The van der Waals surface area contributed by atoms with Gasteiger partial charge in [-0.3, -0.25) is 0 Å². The summed E-state index contributed by atoms with van der Waals surface area (Å²) in [6.45, 7) is 1.10. The monoisotopic (exact) mass is 448 g/mol. The SMILES string of the molecule is OCc1ccc(-c2ccccc2Cl)cc1N1CC[C@H](Oc2ccc(C(F)(F)F)cn2)C1. The van der Waals surface area contributed by atoms with E-state index in [0.29, 0.717) is 24.5 Å². The fourth-order valence-corrected chi connectivity index (χ4v) is 3.93. The van der Waals surface area contributed by atoms with E-state index in [9.17, 15) is 18.3 Å². The lowest BCUT2D eigenvalue weighted by Gasteiger charge is -2.23. The first-order valence-electron chi connectivity index (χ1n) is 9.78. The Labute approximate surface area is 182 Å². The minimum absolute atomic E-state index is 0.110. The lowest BCUT2D eigenvalue weighted by atomic mass is 10.0. The van der Waals surface area contributed by atoms with E-state index in [1.54, 1.807) is 0 Å². The van der Waals surface area contributed by atoms with Crippen molar-refractivity contribution >= 4 is 17.3 Å². The molecule has 0 amide bonds. The average molecular weight is 449 g/mol. The van der Waals surface area contributed by atoms with Gasteiger partial charge >= 0.3 is 6.18 Å². The normalized spacial score (nSPS) is 16.5. The van der Waals surface area contributed by atoms with Gasteiger partial charge in [0.05, 0.1) is 18.7 Å². The van der Waals surface area contributed by atoms with Gasteiger partial charge in [-0.25, -0.2) is 4.98 Å². The molecule has 1 saturated heterocycles. The molecule has 3 aromatic rings. The summed E-state index contributed by atoms with van der Waals surface area (Å²) in [4.78, 5) is 5.89. The second kappa shape index (κ2) is 8.77. The highest BCUT2D eigenvalue weighted by molar-refractivity contribution is 6.33. The second-order valence-corrected chi connectivity index (χ2v) is 7.75. The van der Waals surface area contributed by atoms with Crippen LogP contribution in [0.3, 0.4) is 0 Å². The maximum Gasteiger partial charge on any atom is 0.417 e. The van der Waals surface area contributed by atoms with Gasteiger partial charge in [0, 0.05) is 47.1 Å². The molecule has 2 heterocycles. The summed E-state index contributed by atoms with van der Waals surface area (Å²) >= 11 is 6.34. The number of nitrogens with zero attached hydrogens (tertiary/aromatic N) is 2. The number of hydrogen-bond acceptors (Lipinski definition) is 4. The third-order valence-corrected chi connectivity index (χ3v) is 5.61. The van der Waals surface area contributed by atoms with E-state index in [1.807, 2.05) is 42.5 Å². The maximum atomic E-state index is 12.7. The van der Waals surface area contributed by atoms with Gasteiger partial charge in [-0.1, -0.05) is 41.9 Å². The molecule has 4 rings (SSSR count). The molecule has 0 unspecified atom stereocenters. The topological polar surface area (TPSA) is 45.6 Å². The Hall–Kier alpha value is -2.77. The van der Waals surface area contributed by atoms with Crippen LogP contribution in [0, 0.1) is 0 Å². The molecule has 8 heteroatoms. The minimum atomic E-state index is -4.43. The van der Waals surface area contributed by atoms with E-state index in [0.717, 1.165) is 34.6 Å². The molecule has 0 bridgehead atoms. The number of alkyl halides is 3. The molecule has 0 radical (unpaired) electrons. The number of ether oxygens (including phenoxy) is 1. The number of halogens is 4. The maximum absolute atomic E-state index is 12.7. The molecular weight excluding hydrogens is 429 g/mol. The number of aliphatic hydroxyl groups is 1. The molecule has 0 aliphatic carbocycles. The van der Waals surface area contributed by atoms with Crippen LogP contribution in [0.25, 0.3) is 11.1 Å². The van der Waals surface area contributed by atoms with Crippen LogP contribution < -0.4 is 9.64 Å². The van der Waals surface area contributed by atoms with Crippen molar-refractivity contribution in [2.75, 3.05) is 18.0 Å². The number of hydrogen-bond donors (Lipinski definition) is 1. The molecule has 1 N–H and O–H groups in total. The highest BCUT2D eigenvalue weighted by Gasteiger charge is 2.31. The summed E-state index contributed by atoms with van der Waals surface area (Å²) in [6, 6.07) is 15.5. The predicted octanol–water partition coefficient (Wildman–Crippen LogP) is 5.57. The van der Waals surface area contributed by atoms with Crippen LogP contribution in [0.15, 0.2) is 60.8 Å². The lowest BCUT2D eigenvalue weighted by molar-refractivity contribution is -0.137. The molecule has 1 aromatic heterocycles. The molecule has 31 heavy (non-hydrogen) atoms. The van der Waals surface area contributed by atoms with Gasteiger partial charge < -0.3 is 14.7 Å². The second-order valence-electron chi connectivity index (χ2n) is 7.34. The summed E-state index contributed by atoms with van der Waals surface area (Å²) in [7, 11) is 0. The Bertz CT molecular complexity index is 1060. The number of anilines is 1. The van der Waals surface area contributed by atoms with Gasteiger partial charge in [0.25, 0.3) is 0 Å². The fourth-order valence-electron chi connectivity index (χ4n) is 3.69. The molecule has 1 aliphatic rings. The van der Waals surface area contributed by atoms with Crippen molar-refractivity contribution in [2.45, 2.75) is 25.3 Å². The van der Waals surface area contributed by atoms with Gasteiger partial charge in [0.1, 0.15) is 6.10 Å². The fraction of sp³-hybridized carbons (Fsp3) is 0.261. The lowest BCUT2D eigenvalue weighted by Crippen LogP contribution is -2.25. The van der Waals surface area contributed by atoms with Crippen molar-refractivity contribution in [1.29, 1.82) is 0 Å². The van der Waals surface area contributed by atoms with Crippen LogP contribution in [0.1, 0.15) is 17.5 Å². The van der Waals surface area contributed by atoms with E-state index >= 15 is 0 Å². The quantitative estimate of drug-likeness (QED) is 0.554. The zero-order chi connectivity index (χ0) is 22.0. The van der Waals surface area contributed by atoms with Crippen molar-refractivity contribution < 1.29 is 23.0 Å². The number of aliphatic hydroxyl groups excluding tert-OH is 1. The summed E-state index contributed by atoms with van der Waals surface area (Å²) in [5, 5.41) is 10.4. The van der Waals surface area contributed by atoms with Crippen LogP contribution in [-0.2, 0) is 12.8 Å². The first-order valence-corrected chi connectivity index (χ1v) is 10.2. The summed E-state index contributed by atoms with van der Waals surface area (Å²) in [6.07, 6.45) is -3.19. The highest BCUT2D eigenvalue weighted by Crippen LogP contribution is 2.34. The Kier molecular flexibility index (Phi) is 6.07. The van der Waals surface area contributed by atoms with E-state index in [1.165, 1.54) is 6.07 Å². The third-order valence-electron chi connectivity index (χ3n) is 5.28. The zero-order valence-corrected chi connectivity index (χ0v) is 17.2. The average Bonchev–Trinajstić information content (AvgIpc) is 3.22. The van der Waals surface area contributed by atoms with Crippen LogP contribution in [0.2, 0.25) is 5.02 Å². The predicted molar refractivity (Wildman–Crippen MR) is 113 cm³/mol. The molecule has 1 fully saturated rings. The number of rotatable bonds is 5. The van der Waals surface area contributed by atoms with Crippen LogP contribution in [0.4, 0.5) is 18.9 Å². The van der Waals surface area contributed by atoms with Crippen molar-refractivity contribution in [1.82, 2.24) is 4.98 Å². The van der Waals surface area contributed by atoms with Crippen molar-refractivity contribution in [2.24, 2.45) is 0 Å². The first-order chi connectivity index (χ1) is 14.8. The zero-order valence-electron chi connectivity index (χ0n) is 16.4. The molecule has 2 aromatic carbocycles.